The van der Waals surface area contributed by atoms with E-state index in [0.29, 0.717) is 12.8 Å². The van der Waals surface area contributed by atoms with Crippen LogP contribution in [0.2, 0.25) is 0 Å². The van der Waals surface area contributed by atoms with Crippen LogP contribution in [-0.2, 0) is 10.0 Å². The van der Waals surface area contributed by atoms with Crippen LogP contribution in [0.5, 0.6) is 0 Å². The number of aliphatic hydroxyl groups is 1. The molecule has 0 aliphatic carbocycles. The van der Waals surface area contributed by atoms with Crippen LogP contribution in [0.1, 0.15) is 23.2 Å². The number of nitrogens with zero attached hydrogens (tertiary/aromatic N) is 1. The van der Waals surface area contributed by atoms with Crippen LogP contribution in [0, 0.1) is 0 Å². The molecule has 2 rings (SSSR count). The van der Waals surface area contributed by atoms with E-state index in [1.807, 2.05) is 0 Å². The maximum absolute atomic E-state index is 12.5. The van der Waals surface area contributed by atoms with Crippen LogP contribution in [0.25, 0.3) is 0 Å². The quantitative estimate of drug-likeness (QED) is 0.681. The van der Waals surface area contributed by atoms with Gasteiger partial charge in [-0.25, -0.2) is 13.2 Å². The first-order valence-corrected chi connectivity index (χ1v) is 7.57. The molecule has 1 fully saturated rings. The number of carboxylic acid groups (broad SMARTS) is 1. The predicted octanol–water partition coefficient (Wildman–Crippen LogP) is 0.112. The van der Waals surface area contributed by atoms with Crippen LogP contribution in [-0.4, -0.2) is 48.1 Å². The predicted molar refractivity (Wildman–Crippen MR) is 71.8 cm³/mol. The number of aliphatic hydroxyl groups excluding tert-OH is 1. The number of benzene rings is 1. The van der Waals surface area contributed by atoms with Crippen LogP contribution < -0.4 is 5.73 Å². The minimum atomic E-state index is -3.95. The summed E-state index contributed by atoms with van der Waals surface area (Å²) < 4.78 is 26.1. The lowest BCUT2D eigenvalue weighted by molar-refractivity contribution is 0.0692. The zero-order valence-corrected chi connectivity index (χ0v) is 11.5. The molecule has 0 amide bonds. The maximum Gasteiger partial charge on any atom is 0.337 e. The fourth-order valence-corrected chi connectivity index (χ4v) is 3.90. The zero-order chi connectivity index (χ0) is 14.9. The van der Waals surface area contributed by atoms with Crippen LogP contribution in [0.4, 0.5) is 5.69 Å². The number of anilines is 1. The van der Waals surface area contributed by atoms with E-state index in [1.165, 1.54) is 12.1 Å². The summed E-state index contributed by atoms with van der Waals surface area (Å²) in [4.78, 5) is 10.9. The van der Waals surface area contributed by atoms with Gasteiger partial charge in [0.25, 0.3) is 0 Å². The molecule has 1 aliphatic heterocycles. The Morgan fingerprint density at radius 1 is 1.40 bits per heavy atom. The van der Waals surface area contributed by atoms with Gasteiger partial charge >= 0.3 is 5.97 Å². The summed E-state index contributed by atoms with van der Waals surface area (Å²) in [5.41, 5.74) is 5.32. The first-order valence-electron chi connectivity index (χ1n) is 6.13. The largest absolute Gasteiger partial charge is 0.478 e. The van der Waals surface area contributed by atoms with Gasteiger partial charge in [0.05, 0.1) is 16.6 Å². The summed E-state index contributed by atoms with van der Waals surface area (Å²) in [5.74, 6) is -1.35. The summed E-state index contributed by atoms with van der Waals surface area (Å²) >= 11 is 0. The first kappa shape index (κ1) is 14.8. The standard InChI is InChI=1S/C12H16N2O5S/c13-8-3-4-11(10(6-8)12(16)17)20(18,19)14-5-1-2-9(15)7-14/h3-4,6,9,15H,1-2,5,7,13H2,(H,16,17). The Morgan fingerprint density at radius 2 is 2.10 bits per heavy atom. The first-order chi connectivity index (χ1) is 9.32. The van der Waals surface area contributed by atoms with Crippen molar-refractivity contribution in [1.29, 1.82) is 0 Å². The Morgan fingerprint density at radius 3 is 2.70 bits per heavy atom. The second-order valence-electron chi connectivity index (χ2n) is 4.72. The van der Waals surface area contributed by atoms with Crippen LogP contribution in [0.15, 0.2) is 23.1 Å². The third-order valence-electron chi connectivity index (χ3n) is 3.21. The van der Waals surface area contributed by atoms with E-state index < -0.39 is 22.1 Å². The highest BCUT2D eigenvalue weighted by atomic mass is 32.2. The molecule has 1 unspecified atom stereocenters. The molecule has 1 saturated heterocycles. The topological polar surface area (TPSA) is 121 Å². The number of hydrogen-bond donors (Lipinski definition) is 3. The molecule has 0 aromatic heterocycles. The number of nitrogen functional groups attached to an aromatic ring is 1. The summed E-state index contributed by atoms with van der Waals surface area (Å²) in [5, 5.41) is 18.7. The van der Waals surface area contributed by atoms with Crippen molar-refractivity contribution in [3.63, 3.8) is 0 Å². The van der Waals surface area contributed by atoms with Gasteiger partial charge in [-0.3, -0.25) is 0 Å². The number of aromatic carboxylic acids is 1. The molecule has 1 aromatic rings. The van der Waals surface area contributed by atoms with E-state index in [9.17, 15) is 18.3 Å². The highest BCUT2D eigenvalue weighted by Crippen LogP contribution is 2.25. The molecule has 0 saturated carbocycles. The van der Waals surface area contributed by atoms with Gasteiger partial charge < -0.3 is 15.9 Å². The average molecular weight is 300 g/mol. The Balaban J connectivity index is 2.46. The minimum absolute atomic E-state index is 0.0221. The number of nitrogens with two attached hydrogens (primary N) is 1. The summed E-state index contributed by atoms with van der Waals surface area (Å²) in [6.45, 7) is 0.245. The van der Waals surface area contributed by atoms with Gasteiger partial charge in [-0.05, 0) is 31.0 Å². The summed E-state index contributed by atoms with van der Waals surface area (Å²) in [6, 6.07) is 3.66. The van der Waals surface area contributed by atoms with Gasteiger partial charge in [-0.1, -0.05) is 0 Å². The Bertz CT molecular complexity index is 629. The van der Waals surface area contributed by atoms with Crippen molar-refractivity contribution in [3.05, 3.63) is 23.8 Å². The Hall–Kier alpha value is -1.64. The smallest absolute Gasteiger partial charge is 0.337 e. The Kier molecular flexibility index (Phi) is 3.98. The lowest BCUT2D eigenvalue weighted by atomic mass is 10.1. The van der Waals surface area contributed by atoms with Gasteiger partial charge in [0, 0.05) is 18.8 Å². The van der Waals surface area contributed by atoms with Crippen molar-refractivity contribution in [2.75, 3.05) is 18.8 Å². The molecule has 0 spiro atoms. The van der Waals surface area contributed by atoms with E-state index in [2.05, 4.69) is 0 Å². The lowest BCUT2D eigenvalue weighted by Gasteiger charge is -2.29. The normalized spacial score (nSPS) is 20.8. The van der Waals surface area contributed by atoms with Gasteiger partial charge in [0.2, 0.25) is 10.0 Å². The molecule has 20 heavy (non-hydrogen) atoms. The van der Waals surface area contributed by atoms with E-state index in [-0.39, 0.29) is 29.2 Å². The van der Waals surface area contributed by atoms with Crippen molar-refractivity contribution in [3.8, 4) is 0 Å². The lowest BCUT2D eigenvalue weighted by Crippen LogP contribution is -2.42. The number of β-amino-alcohol motifs (C(OH)–C–C–N with tert-alkyl or cyclic N) is 1. The Labute approximate surface area is 116 Å². The van der Waals surface area contributed by atoms with Gasteiger partial charge in [0.15, 0.2) is 0 Å². The molecular formula is C12H16N2O5S. The highest BCUT2D eigenvalue weighted by molar-refractivity contribution is 7.89. The number of carbonyl (C=O) groups is 1. The third kappa shape index (κ3) is 2.77. The number of carboxylic acids is 1. The maximum atomic E-state index is 12.5. The minimum Gasteiger partial charge on any atom is -0.478 e. The van der Waals surface area contributed by atoms with E-state index >= 15 is 0 Å². The number of piperidine rings is 1. The fraction of sp³-hybridized carbons (Fsp3) is 0.417. The van der Waals surface area contributed by atoms with Crippen LogP contribution >= 0.6 is 0 Å². The number of rotatable bonds is 3. The van der Waals surface area contributed by atoms with Gasteiger partial charge in [-0.15, -0.1) is 0 Å². The molecule has 0 bridgehead atoms. The second-order valence-corrected chi connectivity index (χ2v) is 6.63. The van der Waals surface area contributed by atoms with E-state index in [1.54, 1.807) is 0 Å². The molecule has 110 valence electrons. The van der Waals surface area contributed by atoms with Crippen molar-refractivity contribution in [2.45, 2.75) is 23.8 Å². The molecule has 1 heterocycles. The molecule has 1 aliphatic rings. The monoisotopic (exact) mass is 300 g/mol. The van der Waals surface area contributed by atoms with Gasteiger partial charge in [-0.2, -0.15) is 4.31 Å². The molecule has 4 N–H and O–H groups in total. The highest BCUT2D eigenvalue weighted by Gasteiger charge is 2.32. The SMILES string of the molecule is Nc1ccc(S(=O)(=O)N2CCCC(O)C2)c(C(=O)O)c1. The van der Waals surface area contributed by atoms with E-state index in [0.717, 1.165) is 10.4 Å². The van der Waals surface area contributed by atoms with Crippen molar-refractivity contribution >= 4 is 21.7 Å². The zero-order valence-electron chi connectivity index (χ0n) is 10.7. The fourth-order valence-electron chi connectivity index (χ4n) is 2.22. The summed E-state index contributed by atoms with van der Waals surface area (Å²) in [6.07, 6.45) is 0.359. The molecule has 1 atom stereocenters. The van der Waals surface area contributed by atoms with Crippen molar-refractivity contribution in [2.24, 2.45) is 0 Å². The van der Waals surface area contributed by atoms with Crippen molar-refractivity contribution in [1.82, 2.24) is 4.31 Å². The van der Waals surface area contributed by atoms with Crippen molar-refractivity contribution < 1.29 is 23.4 Å². The number of hydrogen-bond acceptors (Lipinski definition) is 5. The molecule has 1 aromatic carbocycles. The van der Waals surface area contributed by atoms with Gasteiger partial charge in [0.1, 0.15) is 0 Å². The third-order valence-corrected chi connectivity index (χ3v) is 5.13. The molecule has 7 nitrogen and oxygen atoms in total. The number of sulfonamides is 1. The second kappa shape index (κ2) is 5.39. The molecule has 8 heteroatoms. The van der Waals surface area contributed by atoms with Crippen LogP contribution in [0.3, 0.4) is 0 Å². The molecular weight excluding hydrogens is 284 g/mol. The van der Waals surface area contributed by atoms with E-state index in [4.69, 9.17) is 10.8 Å². The average Bonchev–Trinajstić information content (AvgIpc) is 2.38. The molecule has 0 radical (unpaired) electrons. The summed E-state index contributed by atoms with van der Waals surface area (Å²) in [7, 11) is -3.95.